The lowest BCUT2D eigenvalue weighted by Crippen LogP contribution is -2.51. The molecule has 3 rings (SSSR count). The Morgan fingerprint density at radius 1 is 0.971 bits per heavy atom. The molecule has 0 spiro atoms. The van der Waals surface area contributed by atoms with Gasteiger partial charge < -0.3 is 4.74 Å². The van der Waals surface area contributed by atoms with Crippen LogP contribution in [-0.2, 0) is 4.79 Å². The number of carbonyl (C=O) groups excluding carboxylic acids is 1. The Labute approximate surface area is 200 Å². The highest BCUT2D eigenvalue weighted by molar-refractivity contribution is 5.85. The van der Waals surface area contributed by atoms with E-state index < -0.39 is 23.7 Å². The smallest absolute Gasteiger partial charge is 0.409 e. The summed E-state index contributed by atoms with van der Waals surface area (Å²) in [4.78, 5) is 11.8. The third kappa shape index (κ3) is 6.87. The van der Waals surface area contributed by atoms with Crippen LogP contribution in [0.1, 0.15) is 90.2 Å². The highest BCUT2D eigenvalue weighted by Gasteiger charge is 2.52. The molecule has 1 aliphatic rings. The van der Waals surface area contributed by atoms with Crippen molar-refractivity contribution in [1.82, 2.24) is 10.4 Å². The quantitative estimate of drug-likeness (QED) is 0.322. The molecular formula is C27H37F3N2O2. The Morgan fingerprint density at radius 3 is 2.21 bits per heavy atom. The lowest BCUT2D eigenvalue weighted by Gasteiger charge is -2.38. The van der Waals surface area contributed by atoms with Crippen molar-refractivity contribution in [3.63, 3.8) is 0 Å². The van der Waals surface area contributed by atoms with E-state index in [0.29, 0.717) is 12.0 Å². The molecule has 0 unspecified atom stereocenters. The van der Waals surface area contributed by atoms with Crippen molar-refractivity contribution in [2.75, 3.05) is 6.61 Å². The van der Waals surface area contributed by atoms with Crippen molar-refractivity contribution >= 4 is 16.7 Å². The number of nitrogens with zero attached hydrogens (tertiary/aromatic N) is 1. The number of hydrogen-bond donors (Lipinski definition) is 1. The number of alkyl halides is 3. The van der Waals surface area contributed by atoms with Crippen molar-refractivity contribution in [3.8, 4) is 5.75 Å². The molecule has 1 amide bonds. The van der Waals surface area contributed by atoms with Crippen LogP contribution in [0.4, 0.5) is 13.2 Å². The van der Waals surface area contributed by atoms with Gasteiger partial charge >= 0.3 is 6.18 Å². The van der Waals surface area contributed by atoms with Gasteiger partial charge in [-0.05, 0) is 54.8 Å². The normalized spacial score (nSPS) is 17.2. The summed E-state index contributed by atoms with van der Waals surface area (Å²) in [7, 11) is 0. The van der Waals surface area contributed by atoms with Gasteiger partial charge in [-0.25, -0.2) is 0 Å². The molecular weight excluding hydrogens is 441 g/mol. The number of halogens is 3. The summed E-state index contributed by atoms with van der Waals surface area (Å²) in [6.45, 7) is 6.14. The zero-order valence-electron chi connectivity index (χ0n) is 20.5. The van der Waals surface area contributed by atoms with Crippen LogP contribution in [0.5, 0.6) is 5.75 Å². The maximum absolute atomic E-state index is 14.1. The average Bonchev–Trinajstić information content (AvgIpc) is 3.03. The van der Waals surface area contributed by atoms with E-state index in [-0.39, 0.29) is 12.0 Å². The first-order chi connectivity index (χ1) is 16.1. The first-order valence-corrected chi connectivity index (χ1v) is 12.4. The third-order valence-corrected chi connectivity index (χ3v) is 6.48. The van der Waals surface area contributed by atoms with E-state index in [0.717, 1.165) is 29.0 Å². The predicted molar refractivity (Wildman–Crippen MR) is 130 cm³/mol. The Morgan fingerprint density at radius 2 is 1.59 bits per heavy atom. The molecule has 2 aromatic rings. The van der Waals surface area contributed by atoms with Crippen LogP contribution in [0.2, 0.25) is 0 Å². The van der Waals surface area contributed by atoms with Gasteiger partial charge in [-0.1, -0.05) is 70.1 Å². The van der Waals surface area contributed by atoms with Crippen LogP contribution in [0.15, 0.2) is 36.4 Å². The third-order valence-electron chi connectivity index (χ3n) is 6.48. The number of rotatable bonds is 12. The highest BCUT2D eigenvalue weighted by atomic mass is 19.4. The topological polar surface area (TPSA) is 41.6 Å². The van der Waals surface area contributed by atoms with E-state index in [1.807, 2.05) is 6.07 Å². The van der Waals surface area contributed by atoms with E-state index in [4.69, 9.17) is 4.74 Å². The molecule has 7 heteroatoms. The van der Waals surface area contributed by atoms with Crippen molar-refractivity contribution in [3.05, 3.63) is 42.0 Å². The molecule has 0 aromatic heterocycles. The number of hydrazine groups is 1. The van der Waals surface area contributed by atoms with Gasteiger partial charge in [0.1, 0.15) is 5.75 Å². The monoisotopic (exact) mass is 478 g/mol. The van der Waals surface area contributed by atoms with Gasteiger partial charge in [-0.2, -0.15) is 18.2 Å². The van der Waals surface area contributed by atoms with Gasteiger partial charge in [-0.3, -0.25) is 10.2 Å². The molecule has 0 bridgehead atoms. The van der Waals surface area contributed by atoms with Gasteiger partial charge in [0.2, 0.25) is 5.91 Å². The second-order valence-corrected chi connectivity index (χ2v) is 9.93. The highest BCUT2D eigenvalue weighted by Crippen LogP contribution is 2.43. The van der Waals surface area contributed by atoms with Crippen LogP contribution >= 0.6 is 0 Å². The molecule has 1 saturated heterocycles. The Kier molecular flexibility index (Phi) is 8.85. The van der Waals surface area contributed by atoms with E-state index in [1.54, 1.807) is 38.1 Å². The number of benzene rings is 2. The molecule has 1 heterocycles. The zero-order chi connectivity index (χ0) is 24.8. The van der Waals surface area contributed by atoms with E-state index >= 15 is 0 Å². The first-order valence-electron chi connectivity index (χ1n) is 12.4. The van der Waals surface area contributed by atoms with Gasteiger partial charge in [0, 0.05) is 12.0 Å². The number of carbonyl (C=O) groups is 1. The zero-order valence-corrected chi connectivity index (χ0v) is 20.5. The maximum atomic E-state index is 14.1. The second-order valence-electron chi connectivity index (χ2n) is 9.93. The molecule has 1 fully saturated rings. The lowest BCUT2D eigenvalue weighted by atomic mass is 9.95. The van der Waals surface area contributed by atoms with Crippen LogP contribution < -0.4 is 10.2 Å². The largest absolute Gasteiger partial charge is 0.494 e. The summed E-state index contributed by atoms with van der Waals surface area (Å²) >= 11 is 0. The second kappa shape index (κ2) is 11.4. The fourth-order valence-electron chi connectivity index (χ4n) is 4.63. The standard InChI is InChI=1S/C27H37F3N2O2/c1-4-5-6-7-8-9-10-11-16-34-23-15-14-20-17-22(13-12-21(20)18-23)25(27(28,29)30)32-26(2,3)19-24(33)31-32/h12-15,17-18,25H,4-11,16,19H2,1-3H3,(H,31,33)/t25-/m0/s1. The van der Waals surface area contributed by atoms with Crippen molar-refractivity contribution < 1.29 is 22.7 Å². The van der Waals surface area contributed by atoms with Crippen LogP contribution in [0.25, 0.3) is 10.8 Å². The molecule has 4 nitrogen and oxygen atoms in total. The van der Waals surface area contributed by atoms with Crippen molar-refractivity contribution in [2.45, 2.75) is 96.3 Å². The van der Waals surface area contributed by atoms with E-state index in [2.05, 4.69) is 12.3 Å². The maximum Gasteiger partial charge on any atom is 0.409 e. The predicted octanol–water partition coefficient (Wildman–Crippen LogP) is 7.48. The van der Waals surface area contributed by atoms with Gasteiger partial charge in [0.05, 0.1) is 6.61 Å². The van der Waals surface area contributed by atoms with Gasteiger partial charge in [-0.15, -0.1) is 0 Å². The molecule has 188 valence electrons. The van der Waals surface area contributed by atoms with Crippen LogP contribution in [-0.4, -0.2) is 29.2 Å². The summed E-state index contributed by atoms with van der Waals surface area (Å²) < 4.78 is 48.1. The fourth-order valence-corrected chi connectivity index (χ4v) is 4.63. The molecule has 1 aliphatic heterocycles. The SMILES string of the molecule is CCCCCCCCCCOc1ccc2cc([C@H](N3NC(=O)CC3(C)C)C(F)(F)F)ccc2c1. The van der Waals surface area contributed by atoms with Gasteiger partial charge in [0.15, 0.2) is 6.04 Å². The Balaban J connectivity index is 1.62. The van der Waals surface area contributed by atoms with Crippen LogP contribution in [0.3, 0.4) is 0 Å². The molecule has 1 N–H and O–H groups in total. The number of amides is 1. The number of unbranched alkanes of at least 4 members (excludes halogenated alkanes) is 7. The minimum atomic E-state index is -4.54. The summed E-state index contributed by atoms with van der Waals surface area (Å²) in [5.41, 5.74) is 1.57. The lowest BCUT2D eigenvalue weighted by molar-refractivity contribution is -0.203. The first kappa shape index (κ1) is 26.3. The Bertz CT molecular complexity index is 959. The molecule has 2 aromatic carbocycles. The molecule has 0 radical (unpaired) electrons. The summed E-state index contributed by atoms with van der Waals surface area (Å²) in [6, 6.07) is 8.28. The Hall–Kier alpha value is -2.28. The number of hydrogen-bond acceptors (Lipinski definition) is 3. The minimum absolute atomic E-state index is 0.0206. The number of nitrogens with one attached hydrogen (secondary N) is 1. The van der Waals surface area contributed by atoms with E-state index in [9.17, 15) is 18.0 Å². The van der Waals surface area contributed by atoms with Crippen LogP contribution in [0, 0.1) is 0 Å². The van der Waals surface area contributed by atoms with E-state index in [1.165, 1.54) is 44.6 Å². The number of fused-ring (bicyclic) bond motifs is 1. The summed E-state index contributed by atoms with van der Waals surface area (Å²) in [5.74, 6) is 0.321. The molecule has 0 saturated carbocycles. The number of ether oxygens (including phenoxy) is 1. The van der Waals surface area contributed by atoms with Crippen molar-refractivity contribution in [1.29, 1.82) is 0 Å². The summed E-state index contributed by atoms with van der Waals surface area (Å²) in [6.07, 6.45) is 5.32. The summed E-state index contributed by atoms with van der Waals surface area (Å²) in [5, 5.41) is 2.56. The minimum Gasteiger partial charge on any atom is -0.494 e. The van der Waals surface area contributed by atoms with Crippen molar-refractivity contribution in [2.24, 2.45) is 0 Å². The molecule has 0 aliphatic carbocycles. The molecule has 1 atom stereocenters. The average molecular weight is 479 g/mol. The fraction of sp³-hybridized carbons (Fsp3) is 0.593. The molecule has 34 heavy (non-hydrogen) atoms. The van der Waals surface area contributed by atoms with Gasteiger partial charge in [0.25, 0.3) is 0 Å².